The van der Waals surface area contributed by atoms with Crippen molar-refractivity contribution in [2.45, 2.75) is 42.9 Å². The molecule has 1 aliphatic rings. The average molecular weight is 448 g/mol. The van der Waals surface area contributed by atoms with Crippen LogP contribution in [0.1, 0.15) is 43.5 Å². The molecule has 2 aromatic rings. The zero-order valence-corrected chi connectivity index (χ0v) is 19.6. The maximum absolute atomic E-state index is 13.5. The predicted molar refractivity (Wildman–Crippen MR) is 123 cm³/mol. The third-order valence-corrected chi connectivity index (χ3v) is 8.44. The van der Waals surface area contributed by atoms with Crippen LogP contribution in [0.15, 0.2) is 52.3 Å². The van der Waals surface area contributed by atoms with Gasteiger partial charge in [0.1, 0.15) is 0 Å². The summed E-state index contributed by atoms with van der Waals surface area (Å²) in [5.41, 5.74) is 1.45. The van der Waals surface area contributed by atoms with Gasteiger partial charge in [-0.3, -0.25) is 0 Å². The van der Waals surface area contributed by atoms with E-state index in [0.29, 0.717) is 17.1 Å². The van der Waals surface area contributed by atoms with Gasteiger partial charge in [-0.25, -0.2) is 13.2 Å². The lowest BCUT2D eigenvalue weighted by Gasteiger charge is -2.34. The average Bonchev–Trinajstić information content (AvgIpc) is 2.83. The topological polar surface area (TPSA) is 63.7 Å². The summed E-state index contributed by atoms with van der Waals surface area (Å²) in [7, 11) is -2.30. The van der Waals surface area contributed by atoms with Crippen LogP contribution in [0.2, 0.25) is 0 Å². The molecule has 0 radical (unpaired) electrons. The Balaban J connectivity index is 2.28. The van der Waals surface area contributed by atoms with Crippen LogP contribution < -0.4 is 4.90 Å². The maximum atomic E-state index is 13.5. The van der Waals surface area contributed by atoms with E-state index >= 15 is 0 Å². The molecule has 1 unspecified atom stereocenters. The molecule has 0 N–H and O–H groups in total. The number of hydrogen-bond acceptors (Lipinski definition) is 6. The van der Waals surface area contributed by atoms with E-state index in [1.807, 2.05) is 42.7 Å². The number of methoxy groups -OCH3 is 1. The fourth-order valence-electron chi connectivity index (χ4n) is 4.09. The molecule has 162 valence electrons. The highest BCUT2D eigenvalue weighted by Gasteiger charge is 2.40. The summed E-state index contributed by atoms with van der Waals surface area (Å²) < 4.78 is 32.0. The fourth-order valence-corrected chi connectivity index (χ4v) is 6.78. The van der Waals surface area contributed by atoms with Crippen molar-refractivity contribution >= 4 is 38.9 Å². The molecule has 0 fully saturated rings. The fraction of sp³-hybridized carbons (Fsp3) is 0.435. The number of carbonyl (C=O) groups excluding carboxylic acids is 1. The Morgan fingerprint density at radius 2 is 1.93 bits per heavy atom. The molecule has 0 aliphatic carbocycles. The molecule has 0 saturated carbocycles. The van der Waals surface area contributed by atoms with E-state index < -0.39 is 21.2 Å². The van der Waals surface area contributed by atoms with Crippen molar-refractivity contribution in [3.05, 3.63) is 48.0 Å². The summed E-state index contributed by atoms with van der Waals surface area (Å²) in [6.45, 7) is 4.76. The van der Waals surface area contributed by atoms with Crippen LogP contribution in [-0.2, 0) is 14.6 Å². The van der Waals surface area contributed by atoms with Gasteiger partial charge in [0.2, 0.25) is 0 Å². The Morgan fingerprint density at radius 3 is 2.53 bits per heavy atom. The van der Waals surface area contributed by atoms with Crippen molar-refractivity contribution < 1.29 is 17.9 Å². The number of hydrogen-bond donors (Lipinski definition) is 0. The standard InChI is InChI=1S/C23H29NO4S2/c1-5-6-12-23(2)15-24(17-10-8-7-9-11-17)19-14-20(29-4)18(22(25)28-3)13-21(19)30(26,27)16-23/h7-11,13-14H,5-6,12,15-16H2,1-4H3. The third-order valence-electron chi connectivity index (χ3n) is 5.59. The molecule has 1 aliphatic heterocycles. The SMILES string of the molecule is CCCCC1(C)CN(c2ccccc2)c2cc(SC)c(C(=O)OC)cc2S(=O)(=O)C1. The Hall–Kier alpha value is -1.99. The van der Waals surface area contributed by atoms with Crippen molar-refractivity contribution in [1.29, 1.82) is 0 Å². The second-order valence-electron chi connectivity index (χ2n) is 8.11. The number of esters is 1. The van der Waals surface area contributed by atoms with Gasteiger partial charge in [0, 0.05) is 17.1 Å². The number of thioether (sulfide) groups is 1. The minimum absolute atomic E-state index is 0.0512. The van der Waals surface area contributed by atoms with Gasteiger partial charge in [0.15, 0.2) is 9.84 Å². The molecule has 0 aromatic heterocycles. The first-order valence-electron chi connectivity index (χ1n) is 10.1. The van der Waals surface area contributed by atoms with Gasteiger partial charge in [0.05, 0.1) is 29.0 Å². The number of nitrogens with zero attached hydrogens (tertiary/aromatic N) is 1. The van der Waals surface area contributed by atoms with Crippen LogP contribution >= 0.6 is 11.8 Å². The number of sulfone groups is 1. The number of anilines is 2. The zero-order chi connectivity index (χ0) is 21.9. The lowest BCUT2D eigenvalue weighted by molar-refractivity contribution is 0.0596. The van der Waals surface area contributed by atoms with Crippen molar-refractivity contribution in [3.63, 3.8) is 0 Å². The predicted octanol–water partition coefficient (Wildman–Crippen LogP) is 5.32. The molecule has 2 aromatic carbocycles. The molecular formula is C23H29NO4S2. The summed E-state index contributed by atoms with van der Waals surface area (Å²) in [6, 6.07) is 13.2. The van der Waals surface area contributed by atoms with Crippen LogP contribution in [0.25, 0.3) is 0 Å². The van der Waals surface area contributed by atoms with E-state index in [1.54, 1.807) is 0 Å². The summed E-state index contributed by atoms with van der Waals surface area (Å²) in [4.78, 5) is 15.3. The van der Waals surface area contributed by atoms with E-state index in [9.17, 15) is 13.2 Å². The summed E-state index contributed by atoms with van der Waals surface area (Å²) >= 11 is 1.41. The number of ether oxygens (including phenoxy) is 1. The van der Waals surface area contributed by atoms with Gasteiger partial charge < -0.3 is 9.64 Å². The Bertz CT molecular complexity index is 1020. The molecule has 3 rings (SSSR count). The normalized spacial score (nSPS) is 20.3. The summed E-state index contributed by atoms with van der Waals surface area (Å²) in [6.07, 6.45) is 4.67. The van der Waals surface area contributed by atoms with Crippen molar-refractivity contribution in [1.82, 2.24) is 0 Å². The van der Waals surface area contributed by atoms with Gasteiger partial charge in [-0.1, -0.05) is 44.9 Å². The largest absolute Gasteiger partial charge is 0.465 e. The second-order valence-corrected chi connectivity index (χ2v) is 10.9. The lowest BCUT2D eigenvalue weighted by atomic mass is 9.86. The first-order valence-corrected chi connectivity index (χ1v) is 13.0. The van der Waals surface area contributed by atoms with E-state index in [-0.39, 0.29) is 16.2 Å². The van der Waals surface area contributed by atoms with Crippen LogP contribution in [0, 0.1) is 5.41 Å². The van der Waals surface area contributed by atoms with Gasteiger partial charge in [-0.15, -0.1) is 11.8 Å². The first kappa shape index (κ1) is 22.7. The number of benzene rings is 2. The van der Waals surface area contributed by atoms with Gasteiger partial charge in [-0.05, 0) is 42.4 Å². The molecular weight excluding hydrogens is 418 g/mol. The number of fused-ring (bicyclic) bond motifs is 1. The molecule has 7 heteroatoms. The highest BCUT2D eigenvalue weighted by atomic mass is 32.2. The molecule has 1 heterocycles. The lowest BCUT2D eigenvalue weighted by Crippen LogP contribution is -2.35. The molecule has 0 amide bonds. The van der Waals surface area contributed by atoms with E-state index in [2.05, 4.69) is 18.7 Å². The van der Waals surface area contributed by atoms with Crippen LogP contribution in [-0.4, -0.2) is 40.1 Å². The van der Waals surface area contributed by atoms with Gasteiger partial charge in [-0.2, -0.15) is 0 Å². The smallest absolute Gasteiger partial charge is 0.339 e. The number of carbonyl (C=O) groups is 1. The summed E-state index contributed by atoms with van der Waals surface area (Å²) in [5.74, 6) is -0.475. The van der Waals surface area contributed by atoms with Crippen molar-refractivity contribution in [3.8, 4) is 0 Å². The van der Waals surface area contributed by atoms with E-state index in [4.69, 9.17) is 4.74 Å². The highest BCUT2D eigenvalue weighted by molar-refractivity contribution is 7.98. The van der Waals surface area contributed by atoms with Gasteiger partial charge >= 0.3 is 5.97 Å². The number of unbranched alkanes of at least 4 members (excludes halogenated alkanes) is 1. The highest BCUT2D eigenvalue weighted by Crippen LogP contribution is 2.44. The number of para-hydroxylation sites is 1. The Morgan fingerprint density at radius 1 is 1.23 bits per heavy atom. The first-order chi connectivity index (χ1) is 14.2. The zero-order valence-electron chi connectivity index (χ0n) is 18.0. The van der Waals surface area contributed by atoms with E-state index in [1.165, 1.54) is 24.9 Å². The molecule has 0 bridgehead atoms. The molecule has 0 spiro atoms. The summed E-state index contributed by atoms with van der Waals surface area (Å²) in [5, 5.41) is 0. The number of rotatable bonds is 6. The monoisotopic (exact) mass is 447 g/mol. The Labute approximate surface area is 183 Å². The molecule has 1 atom stereocenters. The van der Waals surface area contributed by atoms with Crippen molar-refractivity contribution in [2.24, 2.45) is 5.41 Å². The van der Waals surface area contributed by atoms with Crippen LogP contribution in [0.5, 0.6) is 0 Å². The molecule has 30 heavy (non-hydrogen) atoms. The molecule has 0 saturated heterocycles. The minimum Gasteiger partial charge on any atom is -0.465 e. The van der Waals surface area contributed by atoms with Crippen LogP contribution in [0.4, 0.5) is 11.4 Å². The third kappa shape index (κ3) is 4.52. The van der Waals surface area contributed by atoms with Gasteiger partial charge in [0.25, 0.3) is 0 Å². The van der Waals surface area contributed by atoms with Crippen LogP contribution in [0.3, 0.4) is 0 Å². The second kappa shape index (κ2) is 9.02. The minimum atomic E-state index is -3.61. The van der Waals surface area contributed by atoms with E-state index in [0.717, 1.165) is 24.9 Å². The maximum Gasteiger partial charge on any atom is 0.339 e. The quantitative estimate of drug-likeness (QED) is 0.441. The van der Waals surface area contributed by atoms with Crippen molar-refractivity contribution in [2.75, 3.05) is 30.6 Å². The Kier molecular flexibility index (Phi) is 6.82. The molecule has 5 nitrogen and oxygen atoms in total.